The van der Waals surface area contributed by atoms with Crippen molar-refractivity contribution in [3.63, 3.8) is 0 Å². The number of amides is 2. The van der Waals surface area contributed by atoms with Gasteiger partial charge in [0.1, 0.15) is 0 Å². The highest BCUT2D eigenvalue weighted by molar-refractivity contribution is 6.34. The minimum atomic E-state index is -0.305. The van der Waals surface area contributed by atoms with Crippen LogP contribution < -0.4 is 10.3 Å². The van der Waals surface area contributed by atoms with E-state index in [-0.39, 0.29) is 16.8 Å². The molecule has 0 unspecified atom stereocenters. The van der Waals surface area contributed by atoms with E-state index in [9.17, 15) is 9.59 Å². The SMILES string of the molecule is CC1=NN(c2ccc(C(=O)Nc3ccccc3)c(Cl)c2)C(=O)C1. The average Bonchev–Trinajstić information content (AvgIpc) is 2.86. The quantitative estimate of drug-likeness (QED) is 0.934. The number of hydrazone groups is 1. The van der Waals surface area contributed by atoms with Gasteiger partial charge in [0.05, 0.1) is 22.7 Å². The molecule has 6 heteroatoms. The second kappa shape index (κ2) is 6.22. The molecule has 2 aromatic rings. The molecular weight excluding hydrogens is 314 g/mol. The van der Waals surface area contributed by atoms with Crippen molar-refractivity contribution in [3.05, 3.63) is 59.1 Å². The molecular formula is C17H14ClN3O2. The molecule has 0 atom stereocenters. The van der Waals surface area contributed by atoms with Gasteiger partial charge in [-0.2, -0.15) is 5.10 Å². The Morgan fingerprint density at radius 2 is 1.96 bits per heavy atom. The molecule has 0 aliphatic carbocycles. The fourth-order valence-corrected chi connectivity index (χ4v) is 2.56. The minimum absolute atomic E-state index is 0.111. The zero-order valence-corrected chi connectivity index (χ0v) is 13.2. The summed E-state index contributed by atoms with van der Waals surface area (Å²) in [6.45, 7) is 1.79. The summed E-state index contributed by atoms with van der Waals surface area (Å²) in [7, 11) is 0. The van der Waals surface area contributed by atoms with Crippen LogP contribution in [0.4, 0.5) is 11.4 Å². The summed E-state index contributed by atoms with van der Waals surface area (Å²) in [5.74, 6) is -0.416. The standard InChI is InChI=1S/C17H14ClN3O2/c1-11-9-16(22)21(20-11)13-7-8-14(15(18)10-13)17(23)19-12-5-3-2-4-6-12/h2-8,10H,9H2,1H3,(H,19,23). The van der Waals surface area contributed by atoms with E-state index in [0.29, 0.717) is 23.4 Å². The summed E-state index contributed by atoms with van der Waals surface area (Å²) in [6.07, 6.45) is 0.299. The van der Waals surface area contributed by atoms with Crippen molar-refractivity contribution in [2.24, 2.45) is 5.10 Å². The number of carbonyl (C=O) groups is 2. The summed E-state index contributed by atoms with van der Waals surface area (Å²) in [5.41, 5.74) is 2.32. The van der Waals surface area contributed by atoms with Gasteiger partial charge in [0.2, 0.25) is 0 Å². The number of nitrogens with one attached hydrogen (secondary N) is 1. The first-order valence-electron chi connectivity index (χ1n) is 7.07. The Kier molecular flexibility index (Phi) is 4.12. The number of hydrogen-bond donors (Lipinski definition) is 1. The number of hydrogen-bond acceptors (Lipinski definition) is 3. The average molecular weight is 328 g/mol. The van der Waals surface area contributed by atoms with Crippen LogP contribution in [-0.4, -0.2) is 17.5 Å². The normalized spacial score (nSPS) is 13.9. The van der Waals surface area contributed by atoms with Gasteiger partial charge in [-0.25, -0.2) is 5.01 Å². The molecule has 2 aromatic carbocycles. The van der Waals surface area contributed by atoms with Crippen LogP contribution >= 0.6 is 11.6 Å². The van der Waals surface area contributed by atoms with Crippen molar-refractivity contribution in [3.8, 4) is 0 Å². The second-order valence-corrected chi connectivity index (χ2v) is 5.61. The van der Waals surface area contributed by atoms with E-state index < -0.39 is 0 Å². The van der Waals surface area contributed by atoms with Crippen LogP contribution in [-0.2, 0) is 4.79 Å². The minimum Gasteiger partial charge on any atom is -0.322 e. The molecule has 0 saturated carbocycles. The molecule has 0 aromatic heterocycles. The maximum absolute atomic E-state index is 12.3. The van der Waals surface area contributed by atoms with E-state index in [1.807, 2.05) is 18.2 Å². The van der Waals surface area contributed by atoms with Crippen LogP contribution in [0.15, 0.2) is 53.6 Å². The second-order valence-electron chi connectivity index (χ2n) is 5.20. The van der Waals surface area contributed by atoms with Crippen molar-refractivity contribution in [1.82, 2.24) is 0 Å². The van der Waals surface area contributed by atoms with Crippen molar-refractivity contribution >= 4 is 40.5 Å². The number of halogens is 1. The molecule has 3 rings (SSSR count). The molecule has 23 heavy (non-hydrogen) atoms. The fraction of sp³-hybridized carbons (Fsp3) is 0.118. The predicted octanol–water partition coefficient (Wildman–Crippen LogP) is 3.70. The zero-order valence-electron chi connectivity index (χ0n) is 12.4. The first-order valence-corrected chi connectivity index (χ1v) is 7.45. The topological polar surface area (TPSA) is 61.8 Å². The fourth-order valence-electron chi connectivity index (χ4n) is 2.30. The maximum atomic E-state index is 12.3. The number of para-hydroxylation sites is 1. The van der Waals surface area contributed by atoms with Crippen molar-refractivity contribution < 1.29 is 9.59 Å². The summed E-state index contributed by atoms with van der Waals surface area (Å²) >= 11 is 6.21. The monoisotopic (exact) mass is 327 g/mol. The molecule has 5 nitrogen and oxygen atoms in total. The summed E-state index contributed by atoms with van der Waals surface area (Å²) < 4.78 is 0. The van der Waals surface area contributed by atoms with E-state index in [2.05, 4.69) is 10.4 Å². The van der Waals surface area contributed by atoms with Crippen LogP contribution in [0.1, 0.15) is 23.7 Å². The van der Waals surface area contributed by atoms with E-state index in [4.69, 9.17) is 11.6 Å². The molecule has 1 heterocycles. The van der Waals surface area contributed by atoms with Gasteiger partial charge in [-0.15, -0.1) is 0 Å². The molecule has 116 valence electrons. The Morgan fingerprint density at radius 3 is 2.57 bits per heavy atom. The van der Waals surface area contributed by atoms with Gasteiger partial charge in [-0.3, -0.25) is 9.59 Å². The van der Waals surface area contributed by atoms with Gasteiger partial charge in [0, 0.05) is 11.4 Å². The zero-order chi connectivity index (χ0) is 16.4. The predicted molar refractivity (Wildman–Crippen MR) is 91.1 cm³/mol. The molecule has 1 aliphatic rings. The lowest BCUT2D eigenvalue weighted by Gasteiger charge is -2.13. The summed E-state index contributed by atoms with van der Waals surface area (Å²) in [6, 6.07) is 13.9. The lowest BCUT2D eigenvalue weighted by Crippen LogP contribution is -2.20. The first kappa shape index (κ1) is 15.2. The molecule has 2 amide bonds. The van der Waals surface area contributed by atoms with Gasteiger partial charge in [-0.05, 0) is 37.3 Å². The molecule has 0 radical (unpaired) electrons. The highest BCUT2D eigenvalue weighted by Gasteiger charge is 2.23. The van der Waals surface area contributed by atoms with Crippen LogP contribution in [0.2, 0.25) is 5.02 Å². The first-order chi connectivity index (χ1) is 11.0. The molecule has 1 aliphatic heterocycles. The Balaban J connectivity index is 1.82. The smallest absolute Gasteiger partial charge is 0.257 e. The van der Waals surface area contributed by atoms with E-state index in [1.54, 1.807) is 37.3 Å². The lowest BCUT2D eigenvalue weighted by molar-refractivity contribution is -0.116. The number of benzene rings is 2. The third-order valence-corrected chi connectivity index (χ3v) is 3.70. The van der Waals surface area contributed by atoms with Crippen LogP contribution in [0.5, 0.6) is 0 Å². The molecule has 0 spiro atoms. The van der Waals surface area contributed by atoms with Crippen molar-refractivity contribution in [1.29, 1.82) is 0 Å². The van der Waals surface area contributed by atoms with Crippen LogP contribution in [0, 0.1) is 0 Å². The van der Waals surface area contributed by atoms with E-state index >= 15 is 0 Å². The lowest BCUT2D eigenvalue weighted by atomic mass is 10.1. The van der Waals surface area contributed by atoms with E-state index in [1.165, 1.54) is 5.01 Å². The van der Waals surface area contributed by atoms with Crippen LogP contribution in [0.3, 0.4) is 0 Å². The summed E-state index contributed by atoms with van der Waals surface area (Å²) in [5, 5.41) is 8.51. The molecule has 0 saturated heterocycles. The molecule has 1 N–H and O–H groups in total. The number of nitrogens with zero attached hydrogens (tertiary/aromatic N) is 2. The Morgan fingerprint density at radius 1 is 1.22 bits per heavy atom. The van der Waals surface area contributed by atoms with Gasteiger partial charge in [0.15, 0.2) is 0 Å². The molecule has 0 bridgehead atoms. The number of rotatable bonds is 3. The molecule has 0 fully saturated rings. The van der Waals surface area contributed by atoms with Crippen molar-refractivity contribution in [2.45, 2.75) is 13.3 Å². The largest absolute Gasteiger partial charge is 0.322 e. The number of carbonyl (C=O) groups excluding carboxylic acids is 2. The van der Waals surface area contributed by atoms with Gasteiger partial charge in [0.25, 0.3) is 11.8 Å². The third kappa shape index (κ3) is 3.24. The Labute approximate surface area is 138 Å². The van der Waals surface area contributed by atoms with Gasteiger partial charge >= 0.3 is 0 Å². The van der Waals surface area contributed by atoms with Crippen molar-refractivity contribution in [2.75, 3.05) is 10.3 Å². The van der Waals surface area contributed by atoms with E-state index in [0.717, 1.165) is 5.71 Å². The number of anilines is 2. The van der Waals surface area contributed by atoms with Crippen LogP contribution in [0.25, 0.3) is 0 Å². The Bertz CT molecular complexity index is 803. The highest BCUT2D eigenvalue weighted by Crippen LogP contribution is 2.27. The maximum Gasteiger partial charge on any atom is 0.257 e. The highest BCUT2D eigenvalue weighted by atomic mass is 35.5. The van der Waals surface area contributed by atoms with Gasteiger partial charge in [-0.1, -0.05) is 29.8 Å². The summed E-state index contributed by atoms with van der Waals surface area (Å²) in [4.78, 5) is 24.1. The Hall–Kier alpha value is -2.66. The third-order valence-electron chi connectivity index (χ3n) is 3.39. The van der Waals surface area contributed by atoms with Gasteiger partial charge < -0.3 is 5.32 Å².